The molecule has 0 saturated carbocycles. The van der Waals surface area contributed by atoms with Crippen LogP contribution in [0.1, 0.15) is 48.7 Å². The molecule has 0 spiro atoms. The SMILES string of the molecule is CCC(C)(C)NC(=O)C(C)OC(=O)c1cc(N)c(C)s1. The van der Waals surface area contributed by atoms with Gasteiger partial charge in [0.15, 0.2) is 6.10 Å². The number of rotatable bonds is 5. The van der Waals surface area contributed by atoms with Crippen molar-refractivity contribution in [2.75, 3.05) is 5.73 Å². The first-order valence-electron chi connectivity index (χ1n) is 6.55. The standard InChI is InChI=1S/C14H22N2O3S/c1-6-14(4,5)16-12(17)8(2)19-13(18)11-7-10(15)9(3)20-11/h7-8H,6,15H2,1-5H3,(H,16,17). The van der Waals surface area contributed by atoms with Gasteiger partial charge in [0, 0.05) is 16.1 Å². The summed E-state index contributed by atoms with van der Waals surface area (Å²) >= 11 is 1.26. The van der Waals surface area contributed by atoms with Crippen molar-refractivity contribution in [3.05, 3.63) is 15.8 Å². The van der Waals surface area contributed by atoms with Crippen molar-refractivity contribution in [3.63, 3.8) is 0 Å². The molecule has 0 radical (unpaired) electrons. The summed E-state index contributed by atoms with van der Waals surface area (Å²) in [5, 5.41) is 2.84. The van der Waals surface area contributed by atoms with Gasteiger partial charge in [-0.25, -0.2) is 4.79 Å². The summed E-state index contributed by atoms with van der Waals surface area (Å²) in [5.41, 5.74) is 5.94. The summed E-state index contributed by atoms with van der Waals surface area (Å²) in [7, 11) is 0. The number of carbonyl (C=O) groups excluding carboxylic acids is 2. The Hall–Kier alpha value is -1.56. The van der Waals surface area contributed by atoms with Crippen LogP contribution in [-0.2, 0) is 9.53 Å². The van der Waals surface area contributed by atoms with Crippen molar-refractivity contribution < 1.29 is 14.3 Å². The highest BCUT2D eigenvalue weighted by molar-refractivity contribution is 7.14. The number of hydrogen-bond donors (Lipinski definition) is 2. The van der Waals surface area contributed by atoms with Crippen molar-refractivity contribution in [2.24, 2.45) is 0 Å². The van der Waals surface area contributed by atoms with Crippen LogP contribution in [0, 0.1) is 6.92 Å². The number of amides is 1. The van der Waals surface area contributed by atoms with E-state index >= 15 is 0 Å². The van der Waals surface area contributed by atoms with Gasteiger partial charge in [0.25, 0.3) is 5.91 Å². The number of thiophene rings is 1. The number of nitrogen functional groups attached to an aromatic ring is 1. The van der Waals surface area contributed by atoms with E-state index < -0.39 is 12.1 Å². The minimum absolute atomic E-state index is 0.300. The first kappa shape index (κ1) is 16.5. The van der Waals surface area contributed by atoms with Crippen molar-refractivity contribution >= 4 is 28.9 Å². The third-order valence-corrected chi connectivity index (χ3v) is 4.20. The van der Waals surface area contributed by atoms with E-state index in [9.17, 15) is 9.59 Å². The third-order valence-electron chi connectivity index (χ3n) is 3.16. The molecule has 0 saturated heterocycles. The molecule has 1 aromatic rings. The Bertz CT molecular complexity index is 489. The van der Waals surface area contributed by atoms with Crippen molar-refractivity contribution in [3.8, 4) is 0 Å². The number of carbonyl (C=O) groups is 2. The van der Waals surface area contributed by atoms with Crippen molar-refractivity contribution in [1.29, 1.82) is 0 Å². The number of anilines is 1. The number of hydrogen-bond acceptors (Lipinski definition) is 5. The first-order chi connectivity index (χ1) is 9.16. The fraction of sp³-hybridized carbons (Fsp3) is 0.571. The van der Waals surface area contributed by atoms with Gasteiger partial charge in [0.05, 0.1) is 0 Å². The van der Waals surface area contributed by atoms with Gasteiger partial charge in [0.1, 0.15) is 4.88 Å². The molecule has 1 rings (SSSR count). The molecule has 0 bridgehead atoms. The monoisotopic (exact) mass is 298 g/mol. The number of ether oxygens (including phenoxy) is 1. The van der Waals surface area contributed by atoms with E-state index in [1.54, 1.807) is 13.0 Å². The quantitative estimate of drug-likeness (QED) is 0.818. The van der Waals surface area contributed by atoms with Crippen LogP contribution in [0.4, 0.5) is 5.69 Å². The molecule has 0 fully saturated rings. The second-order valence-electron chi connectivity index (χ2n) is 5.40. The molecule has 6 heteroatoms. The highest BCUT2D eigenvalue weighted by Crippen LogP contribution is 2.24. The predicted octanol–water partition coefficient (Wildman–Crippen LogP) is 2.49. The van der Waals surface area contributed by atoms with Gasteiger partial charge in [0.2, 0.25) is 0 Å². The zero-order valence-corrected chi connectivity index (χ0v) is 13.4. The summed E-state index contributed by atoms with van der Waals surface area (Å²) in [5.74, 6) is -0.821. The van der Waals surface area contributed by atoms with Crippen LogP contribution in [0.25, 0.3) is 0 Å². The lowest BCUT2D eigenvalue weighted by Crippen LogP contribution is -2.47. The summed E-state index contributed by atoms with van der Waals surface area (Å²) < 4.78 is 5.16. The predicted molar refractivity (Wildman–Crippen MR) is 80.9 cm³/mol. The second-order valence-corrected chi connectivity index (χ2v) is 6.65. The Labute approximate surface area is 123 Å². The number of nitrogens with two attached hydrogens (primary N) is 1. The van der Waals surface area contributed by atoms with Gasteiger partial charge < -0.3 is 15.8 Å². The maximum Gasteiger partial charge on any atom is 0.349 e. The van der Waals surface area contributed by atoms with E-state index in [0.29, 0.717) is 10.6 Å². The summed E-state index contributed by atoms with van der Waals surface area (Å²) in [6, 6.07) is 1.57. The smallest absolute Gasteiger partial charge is 0.349 e. The minimum Gasteiger partial charge on any atom is -0.448 e. The first-order valence-corrected chi connectivity index (χ1v) is 7.37. The molecule has 1 heterocycles. The normalized spacial score (nSPS) is 12.8. The van der Waals surface area contributed by atoms with Crippen LogP contribution in [0.3, 0.4) is 0 Å². The number of aryl methyl sites for hydroxylation is 1. The van der Waals surface area contributed by atoms with Crippen molar-refractivity contribution in [1.82, 2.24) is 5.32 Å². The van der Waals surface area contributed by atoms with E-state index in [0.717, 1.165) is 11.3 Å². The van der Waals surface area contributed by atoms with Gasteiger partial charge in [-0.15, -0.1) is 11.3 Å². The van der Waals surface area contributed by atoms with Gasteiger partial charge in [-0.2, -0.15) is 0 Å². The molecule has 0 aliphatic rings. The van der Waals surface area contributed by atoms with E-state index in [1.165, 1.54) is 11.3 Å². The van der Waals surface area contributed by atoms with Gasteiger partial charge in [-0.05, 0) is 40.2 Å². The fourth-order valence-corrected chi connectivity index (χ4v) is 2.22. The molecule has 3 N–H and O–H groups in total. The zero-order valence-electron chi connectivity index (χ0n) is 12.6. The largest absolute Gasteiger partial charge is 0.448 e. The molecule has 0 aromatic carbocycles. The van der Waals surface area contributed by atoms with Crippen molar-refractivity contribution in [2.45, 2.75) is 52.7 Å². The highest BCUT2D eigenvalue weighted by atomic mass is 32.1. The molecule has 1 unspecified atom stereocenters. The fourth-order valence-electron chi connectivity index (χ4n) is 1.39. The van der Waals surface area contributed by atoms with Gasteiger partial charge in [-0.3, -0.25) is 4.79 Å². The molecule has 1 atom stereocenters. The van der Waals surface area contributed by atoms with Crippen LogP contribution in [0.5, 0.6) is 0 Å². The van der Waals surface area contributed by atoms with Crippen LogP contribution in [0.2, 0.25) is 0 Å². The van der Waals surface area contributed by atoms with Crippen LogP contribution >= 0.6 is 11.3 Å². The molecule has 0 aliphatic carbocycles. The average molecular weight is 298 g/mol. The van der Waals surface area contributed by atoms with E-state index in [2.05, 4.69) is 5.32 Å². The summed E-state index contributed by atoms with van der Waals surface area (Å²) in [6.07, 6.45) is -0.0444. The molecular weight excluding hydrogens is 276 g/mol. The molecule has 20 heavy (non-hydrogen) atoms. The molecule has 1 aromatic heterocycles. The second kappa shape index (κ2) is 6.26. The highest BCUT2D eigenvalue weighted by Gasteiger charge is 2.25. The maximum absolute atomic E-state index is 11.9. The number of esters is 1. The van der Waals surface area contributed by atoms with Gasteiger partial charge >= 0.3 is 5.97 Å². The Morgan fingerprint density at radius 3 is 2.55 bits per heavy atom. The van der Waals surface area contributed by atoms with Crippen LogP contribution < -0.4 is 11.1 Å². The topological polar surface area (TPSA) is 81.4 Å². The third kappa shape index (κ3) is 4.23. The van der Waals surface area contributed by atoms with Crippen LogP contribution in [0.15, 0.2) is 6.07 Å². The lowest BCUT2D eigenvalue weighted by atomic mass is 10.0. The Morgan fingerprint density at radius 1 is 1.50 bits per heavy atom. The maximum atomic E-state index is 11.9. The molecule has 112 valence electrons. The molecular formula is C14H22N2O3S. The summed E-state index contributed by atoms with van der Waals surface area (Å²) in [6.45, 7) is 9.21. The number of nitrogens with one attached hydrogen (secondary N) is 1. The molecule has 5 nitrogen and oxygen atoms in total. The molecule has 0 aliphatic heterocycles. The lowest BCUT2D eigenvalue weighted by Gasteiger charge is -2.26. The summed E-state index contributed by atoms with van der Waals surface area (Å²) in [4.78, 5) is 25.1. The minimum atomic E-state index is -0.836. The zero-order chi connectivity index (χ0) is 15.5. The van der Waals surface area contributed by atoms with E-state index in [1.807, 2.05) is 27.7 Å². The lowest BCUT2D eigenvalue weighted by molar-refractivity contribution is -0.130. The average Bonchev–Trinajstić information content (AvgIpc) is 2.69. The van der Waals surface area contributed by atoms with E-state index in [-0.39, 0.29) is 11.4 Å². The Balaban J connectivity index is 2.64. The Morgan fingerprint density at radius 2 is 2.10 bits per heavy atom. The van der Waals surface area contributed by atoms with Gasteiger partial charge in [-0.1, -0.05) is 6.92 Å². The molecule has 1 amide bonds. The van der Waals surface area contributed by atoms with Crippen LogP contribution in [-0.4, -0.2) is 23.5 Å². The van der Waals surface area contributed by atoms with E-state index in [4.69, 9.17) is 10.5 Å². The Kier molecular flexibility index (Phi) is 5.16.